The van der Waals surface area contributed by atoms with Gasteiger partial charge in [-0.3, -0.25) is 4.79 Å². The molecule has 0 bridgehead atoms. The average molecular weight is 390 g/mol. The minimum atomic E-state index is -0.311. The van der Waals surface area contributed by atoms with Crippen molar-refractivity contribution in [3.05, 3.63) is 63.6 Å². The molecule has 1 fully saturated rings. The first-order valence-corrected chi connectivity index (χ1v) is 9.16. The Balaban J connectivity index is 1.57. The van der Waals surface area contributed by atoms with Crippen molar-refractivity contribution in [2.24, 2.45) is 0 Å². The van der Waals surface area contributed by atoms with Gasteiger partial charge in [0, 0.05) is 28.8 Å². The van der Waals surface area contributed by atoms with Crippen LogP contribution in [0.1, 0.15) is 17.2 Å². The molecule has 5 nitrogen and oxygen atoms in total. The third kappa shape index (κ3) is 3.24. The fraction of sp³-hybridized carbons (Fsp3) is 0.263. The van der Waals surface area contributed by atoms with E-state index in [1.165, 1.54) is 5.56 Å². The number of nitrogens with zero attached hydrogens (tertiary/aromatic N) is 2. The first-order chi connectivity index (χ1) is 12.5. The van der Waals surface area contributed by atoms with Crippen molar-refractivity contribution in [3.63, 3.8) is 0 Å². The maximum absolute atomic E-state index is 12.7. The van der Waals surface area contributed by atoms with Crippen LogP contribution >= 0.6 is 23.2 Å². The summed E-state index contributed by atoms with van der Waals surface area (Å²) in [5, 5.41) is 3.99. The van der Waals surface area contributed by atoms with Crippen LogP contribution in [0.2, 0.25) is 10.0 Å². The van der Waals surface area contributed by atoms with E-state index in [1.807, 2.05) is 23.1 Å². The van der Waals surface area contributed by atoms with E-state index < -0.39 is 0 Å². The molecule has 1 unspecified atom stereocenters. The van der Waals surface area contributed by atoms with Crippen LogP contribution in [0.25, 0.3) is 0 Å². The van der Waals surface area contributed by atoms with Gasteiger partial charge in [-0.05, 0) is 47.9 Å². The van der Waals surface area contributed by atoms with E-state index in [2.05, 4.69) is 5.32 Å². The maximum atomic E-state index is 12.7. The van der Waals surface area contributed by atoms with Crippen LogP contribution in [-0.2, 0) is 11.2 Å². The number of hydrogen-bond acceptors (Lipinski definition) is 2. The van der Waals surface area contributed by atoms with Gasteiger partial charge in [0.05, 0.1) is 6.04 Å². The molecule has 134 valence electrons. The number of piperazine rings is 1. The van der Waals surface area contributed by atoms with E-state index >= 15 is 0 Å². The summed E-state index contributed by atoms with van der Waals surface area (Å²) in [6.45, 7) is 1.17. The molecule has 26 heavy (non-hydrogen) atoms. The molecular weight excluding hydrogens is 373 g/mol. The van der Waals surface area contributed by atoms with Gasteiger partial charge in [-0.25, -0.2) is 4.79 Å². The van der Waals surface area contributed by atoms with Gasteiger partial charge in [0.2, 0.25) is 5.91 Å². The van der Waals surface area contributed by atoms with Crippen molar-refractivity contribution in [1.29, 1.82) is 0 Å². The van der Waals surface area contributed by atoms with Gasteiger partial charge in [-0.15, -0.1) is 0 Å². The predicted octanol–water partition coefficient (Wildman–Crippen LogP) is 3.97. The van der Waals surface area contributed by atoms with Crippen molar-refractivity contribution in [2.45, 2.75) is 12.5 Å². The summed E-state index contributed by atoms with van der Waals surface area (Å²) in [6, 6.07) is 12.2. The van der Waals surface area contributed by atoms with Gasteiger partial charge < -0.3 is 15.1 Å². The zero-order valence-electron chi connectivity index (χ0n) is 13.9. The zero-order chi connectivity index (χ0) is 18.3. The largest absolute Gasteiger partial charge is 0.332 e. The minimum absolute atomic E-state index is 0.0480. The molecule has 0 spiro atoms. The van der Waals surface area contributed by atoms with Crippen molar-refractivity contribution in [2.75, 3.05) is 25.0 Å². The van der Waals surface area contributed by atoms with Gasteiger partial charge in [-0.1, -0.05) is 35.3 Å². The number of hydrogen-bond donors (Lipinski definition) is 1. The average Bonchev–Trinajstić information content (AvgIpc) is 2.61. The van der Waals surface area contributed by atoms with Crippen LogP contribution in [-0.4, -0.2) is 41.4 Å². The standard InChI is InChI=1S/C19H17Cl2N3O2/c20-13-2-1-3-15(8-13)22-19(26)23-10-17-16-9-14(21)5-4-12(16)6-7-24(17)18(25)11-23/h1-5,8-9,17H,6-7,10-11H2,(H,22,26). The first-order valence-electron chi connectivity index (χ1n) is 8.40. The van der Waals surface area contributed by atoms with Crippen LogP contribution in [0.3, 0.4) is 0 Å². The molecule has 2 aliphatic heterocycles. The second-order valence-electron chi connectivity index (χ2n) is 6.52. The lowest BCUT2D eigenvalue weighted by atomic mass is 9.91. The Hall–Kier alpha value is -2.24. The Morgan fingerprint density at radius 3 is 2.73 bits per heavy atom. The topological polar surface area (TPSA) is 52.7 Å². The molecule has 1 N–H and O–H groups in total. The molecule has 1 atom stereocenters. The molecule has 0 radical (unpaired) electrons. The smallest absolute Gasteiger partial charge is 0.322 e. The van der Waals surface area contributed by atoms with Crippen LogP contribution < -0.4 is 5.32 Å². The van der Waals surface area contributed by atoms with Gasteiger partial charge in [0.25, 0.3) is 0 Å². The fourth-order valence-corrected chi connectivity index (χ4v) is 3.99. The molecule has 4 rings (SSSR count). The Morgan fingerprint density at radius 2 is 1.92 bits per heavy atom. The molecule has 3 amide bonds. The number of anilines is 1. The number of halogens is 2. The normalized spacial score (nSPS) is 19.0. The Kier molecular flexibility index (Phi) is 4.51. The number of amides is 3. The van der Waals surface area contributed by atoms with Gasteiger partial charge in [-0.2, -0.15) is 0 Å². The first kappa shape index (κ1) is 17.2. The SMILES string of the molecule is O=C(Nc1cccc(Cl)c1)N1CC(=O)N2CCc3ccc(Cl)cc3C2C1. The van der Waals surface area contributed by atoms with Crippen LogP contribution in [0.4, 0.5) is 10.5 Å². The van der Waals surface area contributed by atoms with E-state index in [0.29, 0.717) is 28.8 Å². The number of rotatable bonds is 1. The third-order valence-corrected chi connectivity index (χ3v) is 5.34. The fourth-order valence-electron chi connectivity index (χ4n) is 3.61. The summed E-state index contributed by atoms with van der Waals surface area (Å²) >= 11 is 12.1. The minimum Gasteiger partial charge on any atom is -0.332 e. The monoisotopic (exact) mass is 389 g/mol. The molecule has 1 saturated heterocycles. The molecule has 0 saturated carbocycles. The highest BCUT2D eigenvalue weighted by molar-refractivity contribution is 6.31. The van der Waals surface area contributed by atoms with Gasteiger partial charge in [0.1, 0.15) is 6.54 Å². The van der Waals surface area contributed by atoms with Crippen molar-refractivity contribution >= 4 is 40.8 Å². The van der Waals surface area contributed by atoms with E-state index in [-0.39, 0.29) is 24.5 Å². The number of carbonyl (C=O) groups excluding carboxylic acids is 2. The lowest BCUT2D eigenvalue weighted by molar-refractivity contribution is -0.139. The lowest BCUT2D eigenvalue weighted by Gasteiger charge is -2.44. The number of urea groups is 1. The number of carbonyl (C=O) groups is 2. The maximum Gasteiger partial charge on any atom is 0.322 e. The van der Waals surface area contributed by atoms with E-state index in [0.717, 1.165) is 12.0 Å². The molecule has 7 heteroatoms. The van der Waals surface area contributed by atoms with E-state index in [1.54, 1.807) is 29.2 Å². The Labute approximate surface area is 161 Å². The highest BCUT2D eigenvalue weighted by Gasteiger charge is 2.38. The number of nitrogens with one attached hydrogen (secondary N) is 1. The van der Waals surface area contributed by atoms with E-state index in [9.17, 15) is 9.59 Å². The molecule has 0 aromatic heterocycles. The molecule has 2 aromatic carbocycles. The Morgan fingerprint density at radius 1 is 1.12 bits per heavy atom. The van der Waals surface area contributed by atoms with Crippen molar-refractivity contribution in [1.82, 2.24) is 9.80 Å². The molecule has 2 aromatic rings. The lowest BCUT2D eigenvalue weighted by Crippen LogP contribution is -2.56. The van der Waals surface area contributed by atoms with Crippen LogP contribution in [0, 0.1) is 0 Å². The molecule has 2 aliphatic rings. The van der Waals surface area contributed by atoms with Gasteiger partial charge >= 0.3 is 6.03 Å². The second kappa shape index (κ2) is 6.82. The van der Waals surface area contributed by atoms with Crippen LogP contribution in [0.15, 0.2) is 42.5 Å². The summed E-state index contributed by atoms with van der Waals surface area (Å²) in [6.07, 6.45) is 0.809. The number of benzene rings is 2. The second-order valence-corrected chi connectivity index (χ2v) is 7.39. The Bertz CT molecular complexity index is 887. The van der Waals surface area contributed by atoms with Gasteiger partial charge in [0.15, 0.2) is 0 Å². The molecular formula is C19H17Cl2N3O2. The van der Waals surface area contributed by atoms with Crippen molar-refractivity contribution < 1.29 is 9.59 Å². The highest BCUT2D eigenvalue weighted by atomic mass is 35.5. The predicted molar refractivity (Wildman–Crippen MR) is 102 cm³/mol. The summed E-state index contributed by atoms with van der Waals surface area (Å²) in [4.78, 5) is 28.6. The molecule has 2 heterocycles. The molecule has 0 aliphatic carbocycles. The summed E-state index contributed by atoms with van der Waals surface area (Å²) in [7, 11) is 0. The zero-order valence-corrected chi connectivity index (χ0v) is 15.4. The summed E-state index contributed by atoms with van der Waals surface area (Å²) < 4.78 is 0. The quantitative estimate of drug-likeness (QED) is 0.801. The van der Waals surface area contributed by atoms with Crippen molar-refractivity contribution in [3.8, 4) is 0 Å². The van der Waals surface area contributed by atoms with Crippen LogP contribution in [0.5, 0.6) is 0 Å². The third-order valence-electron chi connectivity index (χ3n) is 4.87. The van der Waals surface area contributed by atoms with E-state index in [4.69, 9.17) is 23.2 Å². The summed E-state index contributed by atoms with van der Waals surface area (Å²) in [5.74, 6) is -0.0480. The summed E-state index contributed by atoms with van der Waals surface area (Å²) in [5.41, 5.74) is 2.81. The number of fused-ring (bicyclic) bond motifs is 3. The highest BCUT2D eigenvalue weighted by Crippen LogP contribution is 2.34.